The number of amides is 1. The molecule has 0 spiro atoms. The number of rotatable bonds is 2. The minimum Gasteiger partial charge on any atom is -0.372 e. The molecule has 1 amide bonds. The van der Waals surface area contributed by atoms with Gasteiger partial charge in [0.2, 0.25) is 5.91 Å². The molecule has 1 aromatic carbocycles. The summed E-state index contributed by atoms with van der Waals surface area (Å²) in [5.74, 6) is 0.290. The molecule has 2 unspecified atom stereocenters. The molecule has 1 aromatic rings. The van der Waals surface area contributed by atoms with E-state index in [0.717, 1.165) is 18.8 Å². The molecule has 4 rings (SSSR count). The standard InChI is InChI=1S/C17H22N2O3S/c20-17-10-13-11-23(21,22)12-16(13)19(17)15-6-4-14(5-7-15)18-8-2-1-3-9-18/h4-7,13,16H,1-3,8-12H2. The van der Waals surface area contributed by atoms with Gasteiger partial charge in [-0.3, -0.25) is 4.79 Å². The molecule has 0 radical (unpaired) electrons. The van der Waals surface area contributed by atoms with Crippen molar-refractivity contribution >= 4 is 27.1 Å². The van der Waals surface area contributed by atoms with Gasteiger partial charge in [0.1, 0.15) is 0 Å². The van der Waals surface area contributed by atoms with Gasteiger partial charge in [-0.1, -0.05) is 0 Å². The first-order chi connectivity index (χ1) is 11.0. The topological polar surface area (TPSA) is 57.7 Å². The van der Waals surface area contributed by atoms with Crippen molar-refractivity contribution in [3.8, 4) is 0 Å². The van der Waals surface area contributed by atoms with Crippen LogP contribution >= 0.6 is 0 Å². The van der Waals surface area contributed by atoms with Gasteiger partial charge in [0.15, 0.2) is 9.84 Å². The number of fused-ring (bicyclic) bond motifs is 1. The Hall–Kier alpha value is -1.56. The molecular weight excluding hydrogens is 312 g/mol. The molecule has 6 heteroatoms. The Morgan fingerprint density at radius 2 is 1.57 bits per heavy atom. The van der Waals surface area contributed by atoms with Crippen LogP contribution in [-0.4, -0.2) is 45.0 Å². The third-order valence-electron chi connectivity index (χ3n) is 5.32. The van der Waals surface area contributed by atoms with E-state index in [2.05, 4.69) is 17.0 Å². The number of anilines is 2. The molecule has 3 fully saturated rings. The van der Waals surface area contributed by atoms with Crippen LogP contribution in [0.3, 0.4) is 0 Å². The zero-order valence-electron chi connectivity index (χ0n) is 13.1. The van der Waals surface area contributed by atoms with E-state index < -0.39 is 9.84 Å². The molecule has 23 heavy (non-hydrogen) atoms. The van der Waals surface area contributed by atoms with Crippen LogP contribution in [0.25, 0.3) is 0 Å². The molecule has 3 saturated heterocycles. The molecule has 0 aromatic heterocycles. The first-order valence-electron chi connectivity index (χ1n) is 8.41. The van der Waals surface area contributed by atoms with E-state index >= 15 is 0 Å². The van der Waals surface area contributed by atoms with Crippen molar-refractivity contribution in [1.82, 2.24) is 0 Å². The lowest BCUT2D eigenvalue weighted by molar-refractivity contribution is -0.117. The average Bonchev–Trinajstić information content (AvgIpc) is 2.98. The normalized spacial score (nSPS) is 29.8. The Morgan fingerprint density at radius 3 is 2.26 bits per heavy atom. The smallest absolute Gasteiger partial charge is 0.227 e. The zero-order valence-corrected chi connectivity index (χ0v) is 14.0. The third kappa shape index (κ3) is 2.73. The number of hydrogen-bond donors (Lipinski definition) is 0. The lowest BCUT2D eigenvalue weighted by Gasteiger charge is -2.29. The number of carbonyl (C=O) groups excluding carboxylic acids is 1. The summed E-state index contributed by atoms with van der Waals surface area (Å²) in [6.45, 7) is 2.18. The van der Waals surface area contributed by atoms with Gasteiger partial charge in [0.25, 0.3) is 0 Å². The highest BCUT2D eigenvalue weighted by Gasteiger charge is 2.49. The fourth-order valence-electron chi connectivity index (χ4n) is 4.20. The van der Waals surface area contributed by atoms with E-state index in [1.807, 2.05) is 12.1 Å². The largest absolute Gasteiger partial charge is 0.372 e. The second kappa shape index (κ2) is 5.51. The average molecular weight is 334 g/mol. The molecule has 2 atom stereocenters. The van der Waals surface area contributed by atoms with E-state index in [9.17, 15) is 13.2 Å². The van der Waals surface area contributed by atoms with Gasteiger partial charge in [0, 0.05) is 36.8 Å². The molecule has 0 N–H and O–H groups in total. The number of nitrogens with zero attached hydrogens (tertiary/aromatic N) is 2. The van der Waals surface area contributed by atoms with Crippen molar-refractivity contribution in [2.24, 2.45) is 5.92 Å². The summed E-state index contributed by atoms with van der Waals surface area (Å²) >= 11 is 0. The fraction of sp³-hybridized carbons (Fsp3) is 0.588. The number of carbonyl (C=O) groups is 1. The van der Waals surface area contributed by atoms with Crippen LogP contribution in [0.5, 0.6) is 0 Å². The maximum Gasteiger partial charge on any atom is 0.227 e. The van der Waals surface area contributed by atoms with Crippen LogP contribution < -0.4 is 9.80 Å². The number of benzene rings is 1. The maximum atomic E-state index is 12.3. The summed E-state index contributed by atoms with van der Waals surface area (Å²) in [5, 5.41) is 0. The van der Waals surface area contributed by atoms with E-state index in [0.29, 0.717) is 6.42 Å². The maximum absolute atomic E-state index is 12.3. The van der Waals surface area contributed by atoms with Crippen molar-refractivity contribution in [2.75, 3.05) is 34.4 Å². The monoisotopic (exact) mass is 334 g/mol. The van der Waals surface area contributed by atoms with Crippen LogP contribution in [0, 0.1) is 5.92 Å². The fourth-order valence-corrected chi connectivity index (χ4v) is 6.27. The molecule has 3 aliphatic rings. The molecule has 3 aliphatic heterocycles. The van der Waals surface area contributed by atoms with Crippen LogP contribution in [0.1, 0.15) is 25.7 Å². The molecule has 0 saturated carbocycles. The summed E-state index contributed by atoms with van der Waals surface area (Å²) in [4.78, 5) is 16.4. The van der Waals surface area contributed by atoms with E-state index in [4.69, 9.17) is 0 Å². The molecule has 124 valence electrons. The third-order valence-corrected chi connectivity index (χ3v) is 7.11. The van der Waals surface area contributed by atoms with Gasteiger partial charge >= 0.3 is 0 Å². The Kier molecular flexibility index (Phi) is 3.59. The van der Waals surface area contributed by atoms with Crippen molar-refractivity contribution in [2.45, 2.75) is 31.7 Å². The lowest BCUT2D eigenvalue weighted by Crippen LogP contribution is -2.36. The molecule has 3 heterocycles. The van der Waals surface area contributed by atoms with Gasteiger partial charge in [-0.2, -0.15) is 0 Å². The van der Waals surface area contributed by atoms with Crippen molar-refractivity contribution in [3.05, 3.63) is 24.3 Å². The van der Waals surface area contributed by atoms with Gasteiger partial charge in [-0.15, -0.1) is 0 Å². The minimum atomic E-state index is -3.00. The Morgan fingerprint density at radius 1 is 0.913 bits per heavy atom. The van der Waals surface area contributed by atoms with E-state index in [1.165, 1.54) is 24.9 Å². The molecule has 0 aliphatic carbocycles. The SMILES string of the molecule is O=C1CC2CS(=O)(=O)CC2N1c1ccc(N2CCCCC2)cc1. The van der Waals surface area contributed by atoms with Crippen LogP contribution in [-0.2, 0) is 14.6 Å². The number of piperidine rings is 1. The summed E-state index contributed by atoms with van der Waals surface area (Å²) in [6, 6.07) is 7.88. The van der Waals surface area contributed by atoms with Gasteiger partial charge < -0.3 is 9.80 Å². The zero-order chi connectivity index (χ0) is 16.0. The second-order valence-electron chi connectivity index (χ2n) is 6.94. The molecular formula is C17H22N2O3S. The van der Waals surface area contributed by atoms with E-state index in [1.54, 1.807) is 4.90 Å². The first kappa shape index (κ1) is 15.0. The molecule has 0 bridgehead atoms. The Balaban J connectivity index is 1.56. The second-order valence-corrected chi connectivity index (χ2v) is 9.09. The Bertz CT molecular complexity index is 708. The summed E-state index contributed by atoms with van der Waals surface area (Å²) in [5.41, 5.74) is 2.02. The van der Waals surface area contributed by atoms with Gasteiger partial charge in [-0.05, 0) is 43.5 Å². The van der Waals surface area contributed by atoms with Crippen molar-refractivity contribution in [3.63, 3.8) is 0 Å². The highest BCUT2D eigenvalue weighted by atomic mass is 32.2. The van der Waals surface area contributed by atoms with Gasteiger partial charge in [-0.25, -0.2) is 8.42 Å². The Labute approximate surface area is 137 Å². The lowest BCUT2D eigenvalue weighted by atomic mass is 10.0. The van der Waals surface area contributed by atoms with Crippen molar-refractivity contribution < 1.29 is 13.2 Å². The highest BCUT2D eigenvalue weighted by molar-refractivity contribution is 7.91. The van der Waals surface area contributed by atoms with Gasteiger partial charge in [0.05, 0.1) is 17.5 Å². The van der Waals surface area contributed by atoms with Crippen LogP contribution in [0.15, 0.2) is 24.3 Å². The quantitative estimate of drug-likeness (QED) is 0.828. The van der Waals surface area contributed by atoms with E-state index in [-0.39, 0.29) is 29.4 Å². The van der Waals surface area contributed by atoms with Crippen LogP contribution in [0.2, 0.25) is 0 Å². The highest BCUT2D eigenvalue weighted by Crippen LogP contribution is 2.37. The van der Waals surface area contributed by atoms with Crippen LogP contribution in [0.4, 0.5) is 11.4 Å². The molecule has 5 nitrogen and oxygen atoms in total. The predicted molar refractivity (Wildman–Crippen MR) is 90.5 cm³/mol. The minimum absolute atomic E-state index is 0.0331. The summed E-state index contributed by atoms with van der Waals surface area (Å²) in [6.07, 6.45) is 4.12. The first-order valence-corrected chi connectivity index (χ1v) is 10.2. The van der Waals surface area contributed by atoms with Crippen molar-refractivity contribution in [1.29, 1.82) is 0 Å². The summed E-state index contributed by atoms with van der Waals surface area (Å²) in [7, 11) is -3.00. The summed E-state index contributed by atoms with van der Waals surface area (Å²) < 4.78 is 23.7. The number of sulfone groups is 1. The number of hydrogen-bond acceptors (Lipinski definition) is 4. The predicted octanol–water partition coefficient (Wildman–Crippen LogP) is 1.83.